The van der Waals surface area contributed by atoms with Crippen LogP contribution in [0.2, 0.25) is 5.02 Å². The van der Waals surface area contributed by atoms with Crippen LogP contribution >= 0.6 is 11.6 Å². The average Bonchev–Trinajstić information content (AvgIpc) is 2.72. The molecule has 5 nitrogen and oxygen atoms in total. The lowest BCUT2D eigenvalue weighted by molar-refractivity contribution is 0.102. The van der Waals surface area contributed by atoms with E-state index in [1.807, 2.05) is 6.92 Å². The summed E-state index contributed by atoms with van der Waals surface area (Å²) in [6.45, 7) is 1.95. The lowest BCUT2D eigenvalue weighted by atomic mass is 10.2. The second kappa shape index (κ2) is 5.32. The van der Waals surface area contributed by atoms with E-state index >= 15 is 0 Å². The van der Waals surface area contributed by atoms with Gasteiger partial charge in [-0.1, -0.05) is 18.5 Å². The van der Waals surface area contributed by atoms with Crippen LogP contribution in [0.3, 0.4) is 0 Å². The zero-order valence-electron chi connectivity index (χ0n) is 10.6. The molecule has 0 aliphatic heterocycles. The minimum absolute atomic E-state index is 0.108. The zero-order valence-corrected chi connectivity index (χ0v) is 11.4. The summed E-state index contributed by atoms with van der Waals surface area (Å²) in [5, 5.41) is 17.0. The number of aromatic hydroxyl groups is 1. The molecule has 19 heavy (non-hydrogen) atoms. The van der Waals surface area contributed by atoms with Crippen LogP contribution < -0.4 is 5.32 Å². The van der Waals surface area contributed by atoms with Crippen molar-refractivity contribution in [2.24, 2.45) is 7.05 Å². The van der Waals surface area contributed by atoms with Gasteiger partial charge in [-0.05, 0) is 24.6 Å². The van der Waals surface area contributed by atoms with Crippen molar-refractivity contribution in [3.63, 3.8) is 0 Å². The van der Waals surface area contributed by atoms with Gasteiger partial charge in [0.05, 0.1) is 16.9 Å². The van der Waals surface area contributed by atoms with Crippen molar-refractivity contribution < 1.29 is 9.90 Å². The predicted molar refractivity (Wildman–Crippen MR) is 73.7 cm³/mol. The van der Waals surface area contributed by atoms with Crippen LogP contribution in [-0.2, 0) is 13.5 Å². The summed E-state index contributed by atoms with van der Waals surface area (Å²) in [6, 6.07) is 4.34. The largest absolute Gasteiger partial charge is 0.507 e. The molecule has 1 amide bonds. The summed E-state index contributed by atoms with van der Waals surface area (Å²) in [6.07, 6.45) is 2.43. The van der Waals surface area contributed by atoms with Crippen molar-refractivity contribution in [2.45, 2.75) is 13.3 Å². The van der Waals surface area contributed by atoms with E-state index in [0.29, 0.717) is 17.1 Å². The number of rotatable bonds is 3. The molecule has 1 aromatic heterocycles. The van der Waals surface area contributed by atoms with E-state index in [9.17, 15) is 9.90 Å². The van der Waals surface area contributed by atoms with Crippen LogP contribution in [0.1, 0.15) is 23.0 Å². The third-order valence-electron chi connectivity index (χ3n) is 2.69. The van der Waals surface area contributed by atoms with E-state index in [0.717, 1.165) is 5.69 Å². The van der Waals surface area contributed by atoms with Crippen molar-refractivity contribution in [3.8, 4) is 5.75 Å². The number of halogens is 1. The van der Waals surface area contributed by atoms with E-state index in [1.165, 1.54) is 18.2 Å². The Labute approximate surface area is 115 Å². The van der Waals surface area contributed by atoms with Crippen molar-refractivity contribution in [2.75, 3.05) is 5.32 Å². The Morgan fingerprint density at radius 2 is 2.26 bits per heavy atom. The van der Waals surface area contributed by atoms with Gasteiger partial charge in [-0.2, -0.15) is 5.10 Å². The topological polar surface area (TPSA) is 67.2 Å². The molecule has 0 spiro atoms. The number of hydrogen-bond acceptors (Lipinski definition) is 3. The molecular weight excluding hydrogens is 266 g/mol. The molecule has 1 aromatic carbocycles. The molecule has 2 rings (SSSR count). The lowest BCUT2D eigenvalue weighted by Crippen LogP contribution is -2.12. The first-order valence-electron chi connectivity index (χ1n) is 5.83. The van der Waals surface area contributed by atoms with Crippen LogP contribution in [0.25, 0.3) is 0 Å². The summed E-state index contributed by atoms with van der Waals surface area (Å²) >= 11 is 5.82. The molecule has 0 saturated carbocycles. The molecule has 0 radical (unpaired) electrons. The normalized spacial score (nSPS) is 10.5. The fraction of sp³-hybridized carbons (Fsp3) is 0.231. The zero-order chi connectivity index (χ0) is 14.0. The Kier molecular flexibility index (Phi) is 3.76. The molecule has 0 saturated heterocycles. The minimum Gasteiger partial charge on any atom is -0.507 e. The third-order valence-corrected chi connectivity index (χ3v) is 2.93. The Balaban J connectivity index is 2.27. The van der Waals surface area contributed by atoms with Gasteiger partial charge in [0.15, 0.2) is 0 Å². The van der Waals surface area contributed by atoms with Gasteiger partial charge in [-0.25, -0.2) is 0 Å². The Hall–Kier alpha value is -2.01. The molecule has 2 N–H and O–H groups in total. The van der Waals surface area contributed by atoms with Gasteiger partial charge in [0, 0.05) is 18.3 Å². The van der Waals surface area contributed by atoms with Crippen LogP contribution in [0.5, 0.6) is 5.75 Å². The third kappa shape index (κ3) is 2.88. The molecule has 100 valence electrons. The van der Waals surface area contributed by atoms with Gasteiger partial charge in [-0.15, -0.1) is 0 Å². The number of aryl methyl sites for hydroxylation is 2. The SMILES string of the molecule is CCc1nn(C)cc1NC(=O)c1cc(Cl)ccc1O. The van der Waals surface area contributed by atoms with Gasteiger partial charge in [0.2, 0.25) is 0 Å². The summed E-state index contributed by atoms with van der Waals surface area (Å²) < 4.78 is 1.63. The number of nitrogens with zero attached hydrogens (tertiary/aromatic N) is 2. The molecule has 1 heterocycles. The van der Waals surface area contributed by atoms with Crippen molar-refractivity contribution >= 4 is 23.2 Å². The van der Waals surface area contributed by atoms with Gasteiger partial charge in [0.1, 0.15) is 5.75 Å². The fourth-order valence-electron chi connectivity index (χ4n) is 1.78. The minimum atomic E-state index is -0.414. The molecule has 0 atom stereocenters. The van der Waals surface area contributed by atoms with E-state index in [1.54, 1.807) is 17.9 Å². The molecular formula is C13H14ClN3O2. The van der Waals surface area contributed by atoms with Crippen LogP contribution in [-0.4, -0.2) is 20.8 Å². The fourth-order valence-corrected chi connectivity index (χ4v) is 1.95. The molecule has 0 fully saturated rings. The van der Waals surface area contributed by atoms with Crippen LogP contribution in [0.4, 0.5) is 5.69 Å². The van der Waals surface area contributed by atoms with E-state index < -0.39 is 5.91 Å². The Morgan fingerprint density at radius 3 is 2.95 bits per heavy atom. The molecule has 0 unspecified atom stereocenters. The first-order chi connectivity index (χ1) is 9.01. The van der Waals surface area contributed by atoms with Crippen molar-refractivity contribution in [1.82, 2.24) is 9.78 Å². The summed E-state index contributed by atoms with van der Waals surface area (Å²) in [5.41, 5.74) is 1.56. The number of carbonyl (C=O) groups is 1. The number of amides is 1. The highest BCUT2D eigenvalue weighted by atomic mass is 35.5. The number of phenolic OH excluding ortho intramolecular Hbond substituents is 1. The number of carbonyl (C=O) groups excluding carboxylic acids is 1. The molecule has 0 bridgehead atoms. The quantitative estimate of drug-likeness (QED) is 0.907. The number of benzene rings is 1. The second-order valence-electron chi connectivity index (χ2n) is 4.13. The second-order valence-corrected chi connectivity index (χ2v) is 4.57. The standard InChI is InChI=1S/C13H14ClN3O2/c1-3-10-11(7-17(2)16-10)15-13(19)9-6-8(14)4-5-12(9)18/h4-7,18H,3H2,1-2H3,(H,15,19). The lowest BCUT2D eigenvalue weighted by Gasteiger charge is -2.06. The van der Waals surface area contributed by atoms with Gasteiger partial charge >= 0.3 is 0 Å². The highest BCUT2D eigenvalue weighted by Crippen LogP contribution is 2.23. The number of nitrogens with one attached hydrogen (secondary N) is 1. The first-order valence-corrected chi connectivity index (χ1v) is 6.21. The van der Waals surface area contributed by atoms with E-state index in [4.69, 9.17) is 11.6 Å². The molecule has 0 aliphatic rings. The Morgan fingerprint density at radius 1 is 1.53 bits per heavy atom. The number of anilines is 1. The number of phenols is 1. The van der Waals surface area contributed by atoms with E-state index in [2.05, 4.69) is 10.4 Å². The average molecular weight is 280 g/mol. The van der Waals surface area contributed by atoms with Crippen molar-refractivity contribution in [1.29, 1.82) is 0 Å². The van der Waals surface area contributed by atoms with Gasteiger partial charge in [0.25, 0.3) is 5.91 Å². The summed E-state index contributed by atoms with van der Waals surface area (Å²) in [5.74, 6) is -0.522. The van der Waals surface area contributed by atoms with Crippen molar-refractivity contribution in [3.05, 3.63) is 40.7 Å². The Bertz CT molecular complexity index is 622. The first kappa shape index (κ1) is 13.4. The number of hydrogen-bond donors (Lipinski definition) is 2. The summed E-state index contributed by atoms with van der Waals surface area (Å²) in [4.78, 5) is 12.1. The molecule has 6 heteroatoms. The maximum atomic E-state index is 12.1. The monoisotopic (exact) mass is 279 g/mol. The van der Waals surface area contributed by atoms with Crippen LogP contribution in [0.15, 0.2) is 24.4 Å². The van der Waals surface area contributed by atoms with E-state index in [-0.39, 0.29) is 11.3 Å². The van der Waals surface area contributed by atoms with Gasteiger partial charge < -0.3 is 10.4 Å². The highest BCUT2D eigenvalue weighted by Gasteiger charge is 2.15. The van der Waals surface area contributed by atoms with Gasteiger partial charge in [-0.3, -0.25) is 9.48 Å². The molecule has 2 aromatic rings. The summed E-state index contributed by atoms with van der Waals surface area (Å²) in [7, 11) is 1.78. The van der Waals surface area contributed by atoms with Crippen LogP contribution in [0, 0.1) is 0 Å². The highest BCUT2D eigenvalue weighted by molar-refractivity contribution is 6.31. The predicted octanol–water partition coefficient (Wildman–Crippen LogP) is 2.59. The maximum absolute atomic E-state index is 12.1. The smallest absolute Gasteiger partial charge is 0.259 e. The maximum Gasteiger partial charge on any atom is 0.259 e. The number of aromatic nitrogens is 2. The molecule has 0 aliphatic carbocycles.